The van der Waals surface area contributed by atoms with E-state index in [0.717, 1.165) is 18.0 Å². The molecule has 0 N–H and O–H groups in total. The highest BCUT2D eigenvalue weighted by atomic mass is 16.2. The Hall–Kier alpha value is -1.64. The van der Waals surface area contributed by atoms with Crippen LogP contribution >= 0.6 is 0 Å². The standard InChI is InChI=1S/C16H19NO2/c18-15-13-8-4-5-9-14(13)17(16(15)19)11-10-12-6-2-1-3-7-12/h4-5,8-9,12H,1-3,6-7,10-11H2. The number of amides is 1. The van der Waals surface area contributed by atoms with Crippen molar-refractivity contribution in [2.24, 2.45) is 5.92 Å². The molecule has 1 aliphatic heterocycles. The molecule has 0 aromatic heterocycles. The maximum atomic E-state index is 12.0. The normalized spacial score (nSPS) is 19.9. The first kappa shape index (κ1) is 12.4. The Morgan fingerprint density at radius 1 is 1.05 bits per heavy atom. The second kappa shape index (κ2) is 5.16. The predicted octanol–water partition coefficient (Wildman–Crippen LogP) is 3.19. The van der Waals surface area contributed by atoms with E-state index in [1.807, 2.05) is 18.2 Å². The molecule has 0 spiro atoms. The second-order valence-electron chi connectivity index (χ2n) is 5.60. The van der Waals surface area contributed by atoms with Gasteiger partial charge in [0.25, 0.3) is 11.7 Å². The molecule has 0 atom stereocenters. The lowest BCUT2D eigenvalue weighted by Crippen LogP contribution is -2.31. The predicted molar refractivity (Wildman–Crippen MR) is 74.3 cm³/mol. The zero-order valence-corrected chi connectivity index (χ0v) is 11.1. The van der Waals surface area contributed by atoms with Crippen LogP contribution in [0.4, 0.5) is 5.69 Å². The largest absolute Gasteiger partial charge is 0.305 e. The van der Waals surface area contributed by atoms with E-state index in [0.29, 0.717) is 12.1 Å². The Bertz CT molecular complexity index is 503. The summed E-state index contributed by atoms with van der Waals surface area (Å²) in [6, 6.07) is 7.32. The number of hydrogen-bond donors (Lipinski definition) is 0. The molecule has 1 aromatic rings. The van der Waals surface area contributed by atoms with Gasteiger partial charge < -0.3 is 4.90 Å². The minimum atomic E-state index is -0.350. The van der Waals surface area contributed by atoms with Crippen molar-refractivity contribution in [1.29, 1.82) is 0 Å². The summed E-state index contributed by atoms with van der Waals surface area (Å²) in [5, 5.41) is 0. The molecule has 3 nitrogen and oxygen atoms in total. The molecule has 0 saturated heterocycles. The number of fused-ring (bicyclic) bond motifs is 1. The fourth-order valence-corrected chi connectivity index (χ4v) is 3.26. The molecular weight excluding hydrogens is 238 g/mol. The second-order valence-corrected chi connectivity index (χ2v) is 5.60. The fraction of sp³-hybridized carbons (Fsp3) is 0.500. The first-order valence-corrected chi connectivity index (χ1v) is 7.22. The monoisotopic (exact) mass is 257 g/mol. The van der Waals surface area contributed by atoms with Crippen LogP contribution in [0.3, 0.4) is 0 Å². The van der Waals surface area contributed by atoms with Gasteiger partial charge in [0.05, 0.1) is 11.3 Å². The van der Waals surface area contributed by atoms with Crippen LogP contribution in [0.1, 0.15) is 48.9 Å². The van der Waals surface area contributed by atoms with Crippen molar-refractivity contribution in [3.8, 4) is 0 Å². The molecule has 1 heterocycles. The van der Waals surface area contributed by atoms with E-state index in [2.05, 4.69) is 0 Å². The van der Waals surface area contributed by atoms with Gasteiger partial charge >= 0.3 is 0 Å². The molecule has 3 rings (SSSR count). The topological polar surface area (TPSA) is 37.4 Å². The summed E-state index contributed by atoms with van der Waals surface area (Å²) in [4.78, 5) is 25.6. The van der Waals surface area contributed by atoms with E-state index in [4.69, 9.17) is 0 Å². The van der Waals surface area contributed by atoms with Crippen molar-refractivity contribution >= 4 is 17.4 Å². The first-order valence-electron chi connectivity index (χ1n) is 7.22. The van der Waals surface area contributed by atoms with Crippen LogP contribution in [0.25, 0.3) is 0 Å². The molecule has 1 aliphatic carbocycles. The Labute approximate surface area is 113 Å². The van der Waals surface area contributed by atoms with Crippen LogP contribution in [0.5, 0.6) is 0 Å². The summed E-state index contributed by atoms with van der Waals surface area (Å²) >= 11 is 0. The Kier molecular flexibility index (Phi) is 3.36. The van der Waals surface area contributed by atoms with Gasteiger partial charge in [-0.2, -0.15) is 0 Å². The molecule has 1 amide bonds. The van der Waals surface area contributed by atoms with E-state index in [1.165, 1.54) is 32.1 Å². The lowest BCUT2D eigenvalue weighted by molar-refractivity contribution is -0.114. The van der Waals surface area contributed by atoms with Crippen molar-refractivity contribution in [2.75, 3.05) is 11.4 Å². The highest BCUT2D eigenvalue weighted by Crippen LogP contribution is 2.31. The molecule has 0 unspecified atom stereocenters. The third-order valence-corrected chi connectivity index (χ3v) is 4.36. The maximum absolute atomic E-state index is 12.0. The Balaban J connectivity index is 1.71. The molecule has 19 heavy (non-hydrogen) atoms. The quantitative estimate of drug-likeness (QED) is 0.780. The van der Waals surface area contributed by atoms with Crippen LogP contribution in [0, 0.1) is 5.92 Å². The third kappa shape index (κ3) is 2.29. The number of benzene rings is 1. The highest BCUT2D eigenvalue weighted by molar-refractivity contribution is 6.52. The van der Waals surface area contributed by atoms with Gasteiger partial charge in [0, 0.05) is 6.54 Å². The average Bonchev–Trinajstić information content (AvgIpc) is 2.71. The molecule has 0 bridgehead atoms. The Morgan fingerprint density at radius 3 is 2.58 bits per heavy atom. The van der Waals surface area contributed by atoms with Crippen LogP contribution in [-0.2, 0) is 4.79 Å². The van der Waals surface area contributed by atoms with Gasteiger partial charge in [-0.15, -0.1) is 0 Å². The van der Waals surface area contributed by atoms with E-state index in [9.17, 15) is 9.59 Å². The van der Waals surface area contributed by atoms with E-state index < -0.39 is 0 Å². The molecular formula is C16H19NO2. The van der Waals surface area contributed by atoms with Crippen molar-refractivity contribution in [2.45, 2.75) is 38.5 Å². The van der Waals surface area contributed by atoms with Crippen LogP contribution < -0.4 is 4.90 Å². The SMILES string of the molecule is O=C1C(=O)N(CCC2CCCCC2)c2ccccc21. The molecule has 1 fully saturated rings. The lowest BCUT2D eigenvalue weighted by atomic mass is 9.87. The van der Waals surface area contributed by atoms with E-state index in [-0.39, 0.29) is 11.7 Å². The number of carbonyl (C=O) groups excluding carboxylic acids is 2. The number of anilines is 1. The van der Waals surface area contributed by atoms with Gasteiger partial charge in [-0.25, -0.2) is 0 Å². The Morgan fingerprint density at radius 2 is 1.79 bits per heavy atom. The average molecular weight is 257 g/mol. The highest BCUT2D eigenvalue weighted by Gasteiger charge is 2.35. The van der Waals surface area contributed by atoms with Gasteiger partial charge in [0.1, 0.15) is 0 Å². The molecule has 2 aliphatic rings. The number of Topliss-reactive ketones (excluding diaryl/α,β-unsaturated/α-hetero) is 1. The number of para-hydroxylation sites is 1. The van der Waals surface area contributed by atoms with Gasteiger partial charge in [-0.3, -0.25) is 9.59 Å². The van der Waals surface area contributed by atoms with Gasteiger partial charge in [-0.05, 0) is 24.5 Å². The number of carbonyl (C=O) groups is 2. The van der Waals surface area contributed by atoms with Crippen molar-refractivity contribution < 1.29 is 9.59 Å². The van der Waals surface area contributed by atoms with E-state index >= 15 is 0 Å². The third-order valence-electron chi connectivity index (χ3n) is 4.36. The molecule has 3 heteroatoms. The molecule has 0 radical (unpaired) electrons. The minimum absolute atomic E-state index is 0.348. The summed E-state index contributed by atoms with van der Waals surface area (Å²) < 4.78 is 0. The smallest absolute Gasteiger partial charge is 0.299 e. The van der Waals surface area contributed by atoms with Crippen LogP contribution in [0.2, 0.25) is 0 Å². The summed E-state index contributed by atoms with van der Waals surface area (Å²) in [5.74, 6) is 0.0284. The fourth-order valence-electron chi connectivity index (χ4n) is 3.26. The summed E-state index contributed by atoms with van der Waals surface area (Å²) in [5.41, 5.74) is 1.37. The molecule has 1 aromatic carbocycles. The first-order chi connectivity index (χ1) is 9.27. The van der Waals surface area contributed by atoms with Gasteiger partial charge in [0.15, 0.2) is 0 Å². The van der Waals surface area contributed by atoms with Crippen LogP contribution in [-0.4, -0.2) is 18.2 Å². The van der Waals surface area contributed by atoms with Crippen molar-refractivity contribution in [3.05, 3.63) is 29.8 Å². The van der Waals surface area contributed by atoms with Crippen LogP contribution in [0.15, 0.2) is 24.3 Å². The zero-order chi connectivity index (χ0) is 13.2. The number of hydrogen-bond acceptors (Lipinski definition) is 2. The summed E-state index contributed by atoms with van der Waals surface area (Å²) in [7, 11) is 0. The molecule has 1 saturated carbocycles. The summed E-state index contributed by atoms with van der Waals surface area (Å²) in [6.07, 6.45) is 7.55. The van der Waals surface area contributed by atoms with Gasteiger partial charge in [0.2, 0.25) is 0 Å². The maximum Gasteiger partial charge on any atom is 0.299 e. The lowest BCUT2D eigenvalue weighted by Gasteiger charge is -2.24. The van der Waals surface area contributed by atoms with Gasteiger partial charge in [-0.1, -0.05) is 44.2 Å². The number of rotatable bonds is 3. The number of nitrogens with zero attached hydrogens (tertiary/aromatic N) is 1. The summed E-state index contributed by atoms with van der Waals surface area (Å²) in [6.45, 7) is 0.687. The number of ketones is 1. The zero-order valence-electron chi connectivity index (χ0n) is 11.1. The van der Waals surface area contributed by atoms with E-state index in [1.54, 1.807) is 11.0 Å². The van der Waals surface area contributed by atoms with Crippen molar-refractivity contribution in [1.82, 2.24) is 0 Å². The minimum Gasteiger partial charge on any atom is -0.305 e. The molecule has 100 valence electrons. The van der Waals surface area contributed by atoms with Crippen molar-refractivity contribution in [3.63, 3.8) is 0 Å².